The second-order valence-electron chi connectivity index (χ2n) is 4.54. The minimum atomic E-state index is -0.622. The van der Waals surface area contributed by atoms with Crippen LogP contribution in [0.2, 0.25) is 0 Å². The maximum atomic E-state index is 13.1. The van der Waals surface area contributed by atoms with E-state index in [1.54, 1.807) is 18.5 Å². The molecule has 0 aliphatic heterocycles. The van der Waals surface area contributed by atoms with Crippen LogP contribution in [-0.2, 0) is 6.54 Å². The van der Waals surface area contributed by atoms with Crippen LogP contribution < -0.4 is 0 Å². The van der Waals surface area contributed by atoms with Gasteiger partial charge in [0.1, 0.15) is 11.6 Å². The molecule has 5 heteroatoms. The first-order valence-electron chi connectivity index (χ1n) is 5.88. The number of nitrogens with zero attached hydrogens (tertiary/aromatic N) is 2. The second kappa shape index (κ2) is 4.91. The van der Waals surface area contributed by atoms with E-state index >= 15 is 0 Å². The molecule has 19 heavy (non-hydrogen) atoms. The summed E-state index contributed by atoms with van der Waals surface area (Å²) in [6.07, 6.45) is 0. The van der Waals surface area contributed by atoms with Crippen molar-refractivity contribution < 1.29 is 13.6 Å². The molecule has 0 saturated carbocycles. The lowest BCUT2D eigenvalue weighted by atomic mass is 10.1. The molecule has 0 atom stereocenters. The minimum Gasteiger partial charge on any atom is -0.294 e. The quantitative estimate of drug-likeness (QED) is 0.799. The average molecular weight is 264 g/mol. The molecule has 1 aromatic heterocycles. The zero-order valence-corrected chi connectivity index (χ0v) is 11.0. The normalized spacial score (nSPS) is 10.8. The molecule has 0 fully saturated rings. The minimum absolute atomic E-state index is 0.0633. The molecule has 0 bridgehead atoms. The van der Waals surface area contributed by atoms with Crippen LogP contribution in [0.4, 0.5) is 8.78 Å². The summed E-state index contributed by atoms with van der Waals surface area (Å²) in [6.45, 7) is 5.22. The first kappa shape index (κ1) is 13.4. The third-order valence-corrected chi connectivity index (χ3v) is 2.99. The van der Waals surface area contributed by atoms with E-state index in [2.05, 4.69) is 5.10 Å². The average Bonchev–Trinajstić information content (AvgIpc) is 2.52. The molecule has 0 aliphatic carbocycles. The van der Waals surface area contributed by atoms with Crippen LogP contribution in [0.3, 0.4) is 0 Å². The van der Waals surface area contributed by atoms with Crippen molar-refractivity contribution in [1.29, 1.82) is 0 Å². The number of rotatable bonds is 3. The SMILES string of the molecule is CC(=O)c1c(C)nn(Cc2cc(F)cc(F)c2)c1C. The van der Waals surface area contributed by atoms with Crippen molar-refractivity contribution in [2.24, 2.45) is 0 Å². The second-order valence-corrected chi connectivity index (χ2v) is 4.54. The van der Waals surface area contributed by atoms with E-state index in [4.69, 9.17) is 0 Å². The molecule has 2 aromatic rings. The van der Waals surface area contributed by atoms with Gasteiger partial charge in [0, 0.05) is 11.8 Å². The smallest absolute Gasteiger partial charge is 0.163 e. The van der Waals surface area contributed by atoms with Gasteiger partial charge < -0.3 is 0 Å². The Morgan fingerprint density at radius 2 is 1.79 bits per heavy atom. The number of hydrogen-bond acceptors (Lipinski definition) is 2. The topological polar surface area (TPSA) is 34.9 Å². The van der Waals surface area contributed by atoms with Crippen molar-refractivity contribution in [3.63, 3.8) is 0 Å². The Labute approximate surface area is 109 Å². The van der Waals surface area contributed by atoms with Gasteiger partial charge in [-0.3, -0.25) is 9.48 Å². The predicted octanol–water partition coefficient (Wildman–Crippen LogP) is 3.03. The summed E-state index contributed by atoms with van der Waals surface area (Å²) in [5.74, 6) is -1.31. The maximum absolute atomic E-state index is 13.1. The van der Waals surface area contributed by atoms with E-state index in [1.807, 2.05) is 0 Å². The Kier molecular flexibility index (Phi) is 3.46. The fourth-order valence-corrected chi connectivity index (χ4v) is 2.24. The molecule has 0 radical (unpaired) electrons. The van der Waals surface area contributed by atoms with Gasteiger partial charge in [-0.1, -0.05) is 0 Å². The van der Waals surface area contributed by atoms with Gasteiger partial charge in [-0.25, -0.2) is 8.78 Å². The summed E-state index contributed by atoms with van der Waals surface area (Å²) in [4.78, 5) is 11.5. The first-order chi connectivity index (χ1) is 8.88. The highest BCUT2D eigenvalue weighted by atomic mass is 19.1. The van der Waals surface area contributed by atoms with Crippen LogP contribution >= 0.6 is 0 Å². The Hall–Kier alpha value is -2.04. The molecule has 0 amide bonds. The number of benzene rings is 1. The number of aromatic nitrogens is 2. The van der Waals surface area contributed by atoms with Crippen LogP contribution in [0.5, 0.6) is 0 Å². The fraction of sp³-hybridized carbons (Fsp3) is 0.286. The summed E-state index contributed by atoms with van der Waals surface area (Å²) in [7, 11) is 0. The van der Waals surface area contributed by atoms with Crippen LogP contribution in [0.15, 0.2) is 18.2 Å². The Morgan fingerprint density at radius 3 is 2.26 bits per heavy atom. The third kappa shape index (κ3) is 2.70. The Balaban J connectivity index is 2.39. The molecule has 1 heterocycles. The standard InChI is InChI=1S/C14H14F2N2O/c1-8-14(10(3)19)9(2)18(17-8)7-11-4-12(15)6-13(16)5-11/h4-6H,7H2,1-3H3. The lowest BCUT2D eigenvalue weighted by molar-refractivity contribution is 0.101. The van der Waals surface area contributed by atoms with Gasteiger partial charge in [0.2, 0.25) is 0 Å². The van der Waals surface area contributed by atoms with Gasteiger partial charge in [-0.15, -0.1) is 0 Å². The van der Waals surface area contributed by atoms with Crippen LogP contribution in [0.1, 0.15) is 34.2 Å². The summed E-state index contributed by atoms with van der Waals surface area (Å²) in [5, 5.41) is 4.24. The van der Waals surface area contributed by atoms with E-state index in [-0.39, 0.29) is 12.3 Å². The lowest BCUT2D eigenvalue weighted by Gasteiger charge is -2.05. The molecule has 3 nitrogen and oxygen atoms in total. The third-order valence-electron chi connectivity index (χ3n) is 2.99. The fourth-order valence-electron chi connectivity index (χ4n) is 2.24. The molecule has 2 rings (SSSR count). The van der Waals surface area contributed by atoms with Crippen LogP contribution in [0.25, 0.3) is 0 Å². The van der Waals surface area contributed by atoms with Gasteiger partial charge in [-0.2, -0.15) is 5.10 Å². The van der Waals surface area contributed by atoms with Crippen molar-refractivity contribution in [3.8, 4) is 0 Å². The van der Waals surface area contributed by atoms with Crippen molar-refractivity contribution in [2.75, 3.05) is 0 Å². The highest BCUT2D eigenvalue weighted by Gasteiger charge is 2.15. The van der Waals surface area contributed by atoms with E-state index < -0.39 is 11.6 Å². The molecule has 0 saturated heterocycles. The van der Waals surface area contributed by atoms with Crippen LogP contribution in [0, 0.1) is 25.5 Å². The van der Waals surface area contributed by atoms with Crippen molar-refractivity contribution in [3.05, 3.63) is 52.3 Å². The molecule has 0 aliphatic rings. The highest BCUT2D eigenvalue weighted by Crippen LogP contribution is 2.16. The Morgan fingerprint density at radius 1 is 1.21 bits per heavy atom. The number of Topliss-reactive ketones (excluding diaryl/α,β-unsaturated/α-hetero) is 1. The maximum Gasteiger partial charge on any atom is 0.163 e. The zero-order chi connectivity index (χ0) is 14.2. The molecule has 0 spiro atoms. The monoisotopic (exact) mass is 264 g/mol. The molecule has 0 unspecified atom stereocenters. The largest absolute Gasteiger partial charge is 0.294 e. The number of ketones is 1. The van der Waals surface area contributed by atoms with E-state index in [0.29, 0.717) is 22.5 Å². The predicted molar refractivity (Wildman–Crippen MR) is 67.2 cm³/mol. The summed E-state index contributed by atoms with van der Waals surface area (Å²) < 4.78 is 27.8. The van der Waals surface area contributed by atoms with Crippen molar-refractivity contribution >= 4 is 5.78 Å². The highest BCUT2D eigenvalue weighted by molar-refractivity contribution is 5.96. The van der Waals surface area contributed by atoms with Gasteiger partial charge in [-0.05, 0) is 38.5 Å². The molecule has 1 aromatic carbocycles. The summed E-state index contributed by atoms with van der Waals surface area (Å²) in [5.41, 5.74) is 2.37. The molecular weight excluding hydrogens is 250 g/mol. The van der Waals surface area contributed by atoms with Crippen molar-refractivity contribution in [2.45, 2.75) is 27.3 Å². The summed E-state index contributed by atoms with van der Waals surface area (Å²) >= 11 is 0. The zero-order valence-electron chi connectivity index (χ0n) is 11.0. The van der Waals surface area contributed by atoms with Crippen molar-refractivity contribution in [1.82, 2.24) is 9.78 Å². The lowest BCUT2D eigenvalue weighted by Crippen LogP contribution is -2.06. The van der Waals surface area contributed by atoms with Gasteiger partial charge in [0.15, 0.2) is 5.78 Å². The number of hydrogen-bond donors (Lipinski definition) is 0. The summed E-state index contributed by atoms with van der Waals surface area (Å²) in [6, 6.07) is 3.34. The van der Waals surface area contributed by atoms with Crippen LogP contribution in [-0.4, -0.2) is 15.6 Å². The van der Waals surface area contributed by atoms with E-state index in [9.17, 15) is 13.6 Å². The number of carbonyl (C=O) groups is 1. The molecule has 0 N–H and O–H groups in total. The van der Waals surface area contributed by atoms with Gasteiger partial charge in [0.05, 0.1) is 17.8 Å². The van der Waals surface area contributed by atoms with Gasteiger partial charge >= 0.3 is 0 Å². The number of halogens is 2. The van der Waals surface area contributed by atoms with E-state index in [1.165, 1.54) is 19.1 Å². The molecule has 100 valence electrons. The van der Waals surface area contributed by atoms with E-state index in [0.717, 1.165) is 6.07 Å². The number of carbonyl (C=O) groups excluding carboxylic acids is 1. The Bertz CT molecular complexity index is 627. The molecular formula is C14H14F2N2O. The first-order valence-corrected chi connectivity index (χ1v) is 5.88. The van der Waals surface area contributed by atoms with Gasteiger partial charge in [0.25, 0.3) is 0 Å². The number of aryl methyl sites for hydroxylation is 1.